The van der Waals surface area contributed by atoms with Crippen molar-refractivity contribution in [2.24, 2.45) is 0 Å². The van der Waals surface area contributed by atoms with Crippen LogP contribution in [0.5, 0.6) is 5.75 Å². The molecule has 0 unspecified atom stereocenters. The Hall–Kier alpha value is -3.06. The van der Waals surface area contributed by atoms with Gasteiger partial charge in [0, 0.05) is 24.9 Å². The van der Waals surface area contributed by atoms with Gasteiger partial charge in [-0.2, -0.15) is 0 Å². The number of ether oxygens (including phenoxy) is 2. The zero-order chi connectivity index (χ0) is 17.1. The topological polar surface area (TPSA) is 70.4 Å². The maximum atomic E-state index is 14.7. The maximum absolute atomic E-state index is 14.7. The molecule has 0 aliphatic heterocycles. The summed E-state index contributed by atoms with van der Waals surface area (Å²) in [6, 6.07) is 9.23. The first-order valence-corrected chi connectivity index (χ1v) is 7.06. The van der Waals surface area contributed by atoms with Gasteiger partial charge >= 0.3 is 5.97 Å². The molecule has 1 aromatic carbocycles. The summed E-state index contributed by atoms with van der Waals surface area (Å²) in [6.45, 7) is -0.193. The number of pyridine rings is 1. The van der Waals surface area contributed by atoms with E-state index in [1.165, 1.54) is 31.6 Å². The van der Waals surface area contributed by atoms with Gasteiger partial charge in [-0.05, 0) is 30.3 Å². The first-order valence-electron chi connectivity index (χ1n) is 7.06. The standard InChI is InChI=1S/C17H13FN2O4/c1-23-10-14(21)20-9-7-11-5-6-13(15(18)16(11)20)24-17(22)12-4-2-3-8-19-12/h2-9H,10H2,1H3. The van der Waals surface area contributed by atoms with Crippen molar-refractivity contribution in [1.82, 2.24) is 9.55 Å². The van der Waals surface area contributed by atoms with Gasteiger partial charge in [-0.1, -0.05) is 6.07 Å². The van der Waals surface area contributed by atoms with Crippen molar-refractivity contribution in [3.63, 3.8) is 0 Å². The van der Waals surface area contributed by atoms with Gasteiger partial charge in [-0.3, -0.25) is 9.36 Å². The van der Waals surface area contributed by atoms with Gasteiger partial charge in [-0.15, -0.1) is 0 Å². The van der Waals surface area contributed by atoms with E-state index in [2.05, 4.69) is 4.98 Å². The third-order valence-corrected chi connectivity index (χ3v) is 3.37. The van der Waals surface area contributed by atoms with Crippen LogP contribution in [0, 0.1) is 5.82 Å². The fourth-order valence-electron chi connectivity index (χ4n) is 2.29. The largest absolute Gasteiger partial charge is 0.419 e. The highest BCUT2D eigenvalue weighted by Crippen LogP contribution is 2.28. The predicted octanol–water partition coefficient (Wildman–Crippen LogP) is 2.68. The highest BCUT2D eigenvalue weighted by atomic mass is 19.1. The number of carbonyl (C=O) groups excluding carboxylic acids is 2. The van der Waals surface area contributed by atoms with E-state index in [-0.39, 0.29) is 23.6 Å². The minimum atomic E-state index is -0.800. The highest BCUT2D eigenvalue weighted by molar-refractivity contribution is 5.95. The molecule has 0 N–H and O–H groups in total. The summed E-state index contributed by atoms with van der Waals surface area (Å²) in [5.41, 5.74) is 0.0891. The lowest BCUT2D eigenvalue weighted by atomic mass is 10.2. The van der Waals surface area contributed by atoms with Gasteiger partial charge in [0.05, 0.1) is 5.52 Å². The van der Waals surface area contributed by atoms with Crippen LogP contribution in [-0.2, 0) is 4.74 Å². The van der Waals surface area contributed by atoms with Gasteiger partial charge in [0.1, 0.15) is 12.3 Å². The van der Waals surface area contributed by atoms with Crippen LogP contribution < -0.4 is 4.74 Å². The second-order valence-electron chi connectivity index (χ2n) is 4.93. The Morgan fingerprint density at radius 1 is 1.21 bits per heavy atom. The third-order valence-electron chi connectivity index (χ3n) is 3.37. The Bertz CT molecular complexity index is 906. The monoisotopic (exact) mass is 328 g/mol. The van der Waals surface area contributed by atoms with Crippen molar-refractivity contribution < 1.29 is 23.5 Å². The van der Waals surface area contributed by atoms with Crippen LogP contribution in [0.3, 0.4) is 0 Å². The van der Waals surface area contributed by atoms with E-state index in [1.54, 1.807) is 24.3 Å². The van der Waals surface area contributed by atoms with E-state index >= 15 is 0 Å². The number of halogens is 1. The number of hydrogen-bond donors (Lipinski definition) is 0. The predicted molar refractivity (Wildman–Crippen MR) is 83.6 cm³/mol. The first kappa shape index (κ1) is 15.8. The van der Waals surface area contributed by atoms with E-state index < -0.39 is 17.7 Å². The lowest BCUT2D eigenvalue weighted by Gasteiger charge is -2.08. The molecule has 3 rings (SSSR count). The van der Waals surface area contributed by atoms with Crippen LogP contribution in [0.1, 0.15) is 15.3 Å². The number of hydrogen-bond acceptors (Lipinski definition) is 5. The second kappa shape index (κ2) is 6.59. The number of benzene rings is 1. The van der Waals surface area contributed by atoms with E-state index in [9.17, 15) is 14.0 Å². The molecule has 6 nitrogen and oxygen atoms in total. The number of rotatable bonds is 4. The lowest BCUT2D eigenvalue weighted by Crippen LogP contribution is -2.16. The van der Waals surface area contributed by atoms with Gasteiger partial charge in [-0.25, -0.2) is 14.2 Å². The molecule has 2 aromatic heterocycles. The molecule has 0 aliphatic rings. The summed E-state index contributed by atoms with van der Waals surface area (Å²) in [5.74, 6) is -2.29. The first-order chi connectivity index (χ1) is 11.6. The zero-order valence-electron chi connectivity index (χ0n) is 12.7. The van der Waals surface area contributed by atoms with Gasteiger partial charge in [0.2, 0.25) is 0 Å². The van der Waals surface area contributed by atoms with Crippen LogP contribution in [0.4, 0.5) is 4.39 Å². The maximum Gasteiger partial charge on any atom is 0.362 e. The highest BCUT2D eigenvalue weighted by Gasteiger charge is 2.19. The number of aromatic nitrogens is 2. The van der Waals surface area contributed by atoms with E-state index in [0.717, 1.165) is 4.57 Å². The summed E-state index contributed by atoms with van der Waals surface area (Å²) in [5, 5.41) is 0.509. The molecule has 0 radical (unpaired) electrons. The molecule has 0 fully saturated rings. The fourth-order valence-corrected chi connectivity index (χ4v) is 2.29. The number of fused-ring (bicyclic) bond motifs is 1. The Morgan fingerprint density at radius 3 is 2.75 bits per heavy atom. The quantitative estimate of drug-likeness (QED) is 0.544. The molecule has 0 saturated carbocycles. The Morgan fingerprint density at radius 2 is 2.04 bits per heavy atom. The molecule has 122 valence electrons. The number of nitrogens with zero attached hydrogens (tertiary/aromatic N) is 2. The van der Waals surface area contributed by atoms with Crippen LogP contribution in [0.15, 0.2) is 48.8 Å². The summed E-state index contributed by atoms with van der Waals surface area (Å²) in [7, 11) is 1.38. The van der Waals surface area contributed by atoms with Crippen molar-refractivity contribution in [2.45, 2.75) is 0 Å². The molecular formula is C17H13FN2O4. The molecule has 0 atom stereocenters. The summed E-state index contributed by atoms with van der Waals surface area (Å²) in [4.78, 5) is 27.9. The van der Waals surface area contributed by atoms with Gasteiger partial charge < -0.3 is 9.47 Å². The summed E-state index contributed by atoms with van der Waals surface area (Å²) >= 11 is 0. The SMILES string of the molecule is COCC(=O)n1ccc2ccc(OC(=O)c3ccccn3)c(F)c21. The van der Waals surface area contributed by atoms with Crippen molar-refractivity contribution >= 4 is 22.8 Å². The Balaban J connectivity index is 1.98. The van der Waals surface area contributed by atoms with Crippen molar-refractivity contribution in [2.75, 3.05) is 13.7 Å². The van der Waals surface area contributed by atoms with Gasteiger partial charge in [0.15, 0.2) is 11.6 Å². The molecular weight excluding hydrogens is 315 g/mol. The van der Waals surface area contributed by atoms with E-state index in [4.69, 9.17) is 9.47 Å². The molecule has 0 amide bonds. The van der Waals surface area contributed by atoms with E-state index in [1.807, 2.05) is 0 Å². The summed E-state index contributed by atoms with van der Waals surface area (Å²) < 4.78 is 25.7. The number of methoxy groups -OCH3 is 1. The van der Waals surface area contributed by atoms with Crippen LogP contribution >= 0.6 is 0 Å². The van der Waals surface area contributed by atoms with Crippen molar-refractivity contribution in [3.8, 4) is 5.75 Å². The minimum absolute atomic E-state index is 0.0309. The Kier molecular flexibility index (Phi) is 4.35. The molecule has 0 bridgehead atoms. The van der Waals surface area contributed by atoms with Crippen molar-refractivity contribution in [1.29, 1.82) is 0 Å². The number of carbonyl (C=O) groups is 2. The normalized spacial score (nSPS) is 10.8. The summed E-state index contributed by atoms with van der Waals surface area (Å²) in [6.07, 6.45) is 2.88. The third kappa shape index (κ3) is 2.89. The molecule has 3 aromatic rings. The zero-order valence-corrected chi connectivity index (χ0v) is 12.7. The molecule has 0 aliphatic carbocycles. The lowest BCUT2D eigenvalue weighted by molar-refractivity contribution is 0.0722. The molecule has 2 heterocycles. The average Bonchev–Trinajstić information content (AvgIpc) is 3.03. The fraction of sp³-hybridized carbons (Fsp3) is 0.118. The molecule has 0 saturated heterocycles. The van der Waals surface area contributed by atoms with E-state index in [0.29, 0.717) is 5.39 Å². The van der Waals surface area contributed by atoms with Crippen LogP contribution in [-0.4, -0.2) is 35.1 Å². The van der Waals surface area contributed by atoms with Crippen LogP contribution in [0.2, 0.25) is 0 Å². The molecule has 7 heteroatoms. The smallest absolute Gasteiger partial charge is 0.362 e. The van der Waals surface area contributed by atoms with Crippen LogP contribution in [0.25, 0.3) is 10.9 Å². The molecule has 24 heavy (non-hydrogen) atoms. The van der Waals surface area contributed by atoms with Gasteiger partial charge in [0.25, 0.3) is 5.91 Å². The molecule has 0 spiro atoms. The Labute approximate surface area is 136 Å². The van der Waals surface area contributed by atoms with Crippen molar-refractivity contribution in [3.05, 3.63) is 60.3 Å². The average molecular weight is 328 g/mol. The second-order valence-corrected chi connectivity index (χ2v) is 4.93. The minimum Gasteiger partial charge on any atom is -0.419 e. The number of esters is 1.